The van der Waals surface area contributed by atoms with Crippen LogP contribution in [0.3, 0.4) is 0 Å². The summed E-state index contributed by atoms with van der Waals surface area (Å²) >= 11 is 0. The first-order valence-electron chi connectivity index (χ1n) is 29.0. The zero-order valence-electron chi connectivity index (χ0n) is 53.8. The lowest BCUT2D eigenvalue weighted by Crippen LogP contribution is -2.59. The third-order valence-electron chi connectivity index (χ3n) is 14.8. The van der Waals surface area contributed by atoms with E-state index in [2.05, 4.69) is 138 Å². The molecule has 1 amide bonds. The number of hydrogen-bond acceptors (Lipinski definition) is 18. The quantitative estimate of drug-likeness (QED) is 0.280. The van der Waals surface area contributed by atoms with Crippen LogP contribution in [-0.2, 0) is 52.5 Å². The Labute approximate surface area is 477 Å². The van der Waals surface area contributed by atoms with Crippen LogP contribution < -0.4 is 0 Å². The molecule has 0 aromatic carbocycles. The van der Waals surface area contributed by atoms with Gasteiger partial charge in [-0.05, 0) is 125 Å². The van der Waals surface area contributed by atoms with E-state index in [0.29, 0.717) is 63.0 Å². The summed E-state index contributed by atoms with van der Waals surface area (Å²) in [6.45, 7) is 59.4. The highest BCUT2D eigenvalue weighted by Crippen LogP contribution is 2.23. The van der Waals surface area contributed by atoms with Crippen molar-refractivity contribution in [3.63, 3.8) is 0 Å². The largest absolute Gasteiger partial charge is 0.453 e. The van der Waals surface area contributed by atoms with Crippen molar-refractivity contribution in [3.05, 3.63) is 0 Å². The maximum atomic E-state index is 11.1. The van der Waals surface area contributed by atoms with E-state index in [-0.39, 0.29) is 58.3 Å². The number of hydrogen-bond donors (Lipinski definition) is 0. The molecule has 0 spiro atoms. The minimum absolute atomic E-state index is 0.107. The average molecular weight is 1140 g/mol. The summed E-state index contributed by atoms with van der Waals surface area (Å²) in [6.07, 6.45) is 0.641. The van der Waals surface area contributed by atoms with Crippen molar-refractivity contribution in [2.75, 3.05) is 184 Å². The van der Waals surface area contributed by atoms with Crippen molar-refractivity contribution in [3.8, 4) is 0 Å². The Kier molecular flexibility index (Phi) is 31.0. The molecule has 7 fully saturated rings. The predicted molar refractivity (Wildman–Crippen MR) is 315 cm³/mol. The van der Waals surface area contributed by atoms with Crippen molar-refractivity contribution in [1.29, 1.82) is 0 Å². The van der Waals surface area contributed by atoms with Crippen LogP contribution >= 0.6 is 0 Å². The van der Waals surface area contributed by atoms with E-state index in [1.54, 1.807) is 26.2 Å². The average Bonchev–Trinajstić information content (AvgIpc) is 3.29. The molecule has 7 heterocycles. The maximum Gasteiger partial charge on any atom is 0.409 e. The number of carbonyl (C=O) groups is 1. The van der Waals surface area contributed by atoms with Gasteiger partial charge in [0.2, 0.25) is 0 Å². The van der Waals surface area contributed by atoms with Gasteiger partial charge in [0.25, 0.3) is 0 Å². The zero-order valence-corrected chi connectivity index (χ0v) is 54.6. The molecule has 0 aromatic heterocycles. The van der Waals surface area contributed by atoms with Crippen molar-refractivity contribution in [1.82, 2.24) is 34.3 Å². The maximum absolute atomic E-state index is 11.1. The number of carbonyl (C=O) groups excluding carboxylic acids is 1. The van der Waals surface area contributed by atoms with Crippen LogP contribution in [0.5, 0.6) is 0 Å². The Balaban J connectivity index is 0.000000320. The lowest BCUT2D eigenvalue weighted by molar-refractivity contribution is -0.116. The summed E-state index contributed by atoms with van der Waals surface area (Å²) in [5.74, 6) is 0.647. The molecular formula is C58H119N7O12S. The van der Waals surface area contributed by atoms with E-state index in [4.69, 9.17) is 37.9 Å². The Morgan fingerprint density at radius 3 is 1.06 bits per heavy atom. The molecule has 3 atom stereocenters. The number of likely N-dealkylation sites (tertiary alicyclic amines) is 1. The number of piperazine rings is 1. The van der Waals surface area contributed by atoms with Crippen LogP contribution in [0, 0.1) is 0 Å². The van der Waals surface area contributed by atoms with E-state index >= 15 is 0 Å². The third-order valence-corrected chi connectivity index (χ3v) is 16.4. The second-order valence-corrected chi connectivity index (χ2v) is 29.9. The van der Waals surface area contributed by atoms with Crippen LogP contribution in [0.25, 0.3) is 0 Å². The van der Waals surface area contributed by atoms with Crippen molar-refractivity contribution >= 4 is 15.9 Å². The van der Waals surface area contributed by atoms with Crippen LogP contribution in [0.2, 0.25) is 0 Å². The van der Waals surface area contributed by atoms with Crippen LogP contribution in [0.15, 0.2) is 0 Å². The van der Waals surface area contributed by atoms with Crippen molar-refractivity contribution < 1.29 is 55.8 Å². The first-order valence-corrected chi connectivity index (χ1v) is 30.8. The van der Waals surface area contributed by atoms with Gasteiger partial charge in [-0.15, -0.1) is 0 Å². The number of morpholine rings is 3. The molecule has 7 rings (SSSR count). The van der Waals surface area contributed by atoms with E-state index in [9.17, 15) is 13.2 Å². The van der Waals surface area contributed by atoms with Gasteiger partial charge in [-0.25, -0.2) is 13.2 Å². The molecule has 20 heteroatoms. The molecule has 0 bridgehead atoms. The minimum Gasteiger partial charge on any atom is -0.453 e. The highest BCUT2D eigenvalue weighted by Gasteiger charge is 2.36. The summed E-state index contributed by atoms with van der Waals surface area (Å²) in [4.78, 5) is 27.3. The fourth-order valence-corrected chi connectivity index (χ4v) is 10.9. The fraction of sp³-hybridized carbons (Fsp3) is 0.983. The van der Waals surface area contributed by atoms with Gasteiger partial charge in [0.1, 0.15) is 0 Å². The number of sulfone groups is 1. The summed E-state index contributed by atoms with van der Waals surface area (Å²) in [6, 6.07) is 0.720. The molecule has 0 aromatic rings. The van der Waals surface area contributed by atoms with Crippen molar-refractivity contribution in [2.45, 2.75) is 188 Å². The van der Waals surface area contributed by atoms with Crippen LogP contribution in [0.4, 0.5) is 4.79 Å². The lowest BCUT2D eigenvalue weighted by Gasteiger charge is -2.46. The molecule has 7 aliphatic rings. The summed E-state index contributed by atoms with van der Waals surface area (Å²) in [7, 11) is 3.84. The van der Waals surface area contributed by atoms with E-state index in [0.717, 1.165) is 78.3 Å². The van der Waals surface area contributed by atoms with E-state index < -0.39 is 9.84 Å². The third kappa shape index (κ3) is 28.8. The van der Waals surface area contributed by atoms with E-state index in [1.165, 1.54) is 33.3 Å². The molecular weight excluding hydrogens is 1020 g/mol. The van der Waals surface area contributed by atoms with Crippen molar-refractivity contribution in [2.24, 2.45) is 0 Å². The molecule has 0 aliphatic carbocycles. The molecule has 78 heavy (non-hydrogen) atoms. The first-order chi connectivity index (χ1) is 35.9. The normalized spacial score (nSPS) is 25.1. The Morgan fingerprint density at radius 1 is 0.462 bits per heavy atom. The Bertz CT molecular complexity index is 1640. The highest BCUT2D eigenvalue weighted by molar-refractivity contribution is 7.91. The minimum atomic E-state index is -2.72. The molecule has 7 saturated heterocycles. The molecule has 464 valence electrons. The zero-order chi connectivity index (χ0) is 59.3. The van der Waals surface area contributed by atoms with Gasteiger partial charge < -0.3 is 47.5 Å². The topological polar surface area (TPSA) is 157 Å². The molecule has 7 aliphatic heterocycles. The second kappa shape index (κ2) is 33.2. The first kappa shape index (κ1) is 72.8. The summed E-state index contributed by atoms with van der Waals surface area (Å²) in [5.41, 5.74) is 1.05. The molecule has 0 radical (unpaired) electrons. The number of ether oxygens (including phenoxy) is 9. The van der Waals surface area contributed by atoms with E-state index in [1.807, 2.05) is 20.8 Å². The SMILES string of the molecule is CC(C)(C)N1CCN(C2COC2)CC1.CC(C)(C)N1CCS(=O)(=O)CC1.COC(=O)N1CC(OC(C)(C)C)C1.COCC1CN(C(C)(C)C)CCO1.COC[C@@H]1CN(C(C)(C)C)CCO1.COC[C@H]1CN(C(C)(C)C)CCO1. The molecule has 0 saturated carbocycles. The standard InChI is InChI=1S/C11H22N2O.3C10H21NO2.C9H17NO3.C8H17NO2S/c1-11(2,3)13-6-4-12(5-7-13)10-8-14-9-10;3*1-10(2,3)11-5-6-13-9(7-11)8-12-4;1-9(2,3)13-7-5-10(6-7)8(11)12-4;1-8(2,3)9-4-6-12(10,11)7-5-9/h10H,4-9H2,1-3H3;3*9H,5-8H2,1-4H3;7H,5-6H2,1-4H3;4-7H2,1-3H3/t;2*9-;;;/m.10.../s1. The Morgan fingerprint density at radius 2 is 0.795 bits per heavy atom. The van der Waals surface area contributed by atoms with Crippen LogP contribution in [-0.4, -0.2) is 297 Å². The number of amides is 1. The highest BCUT2D eigenvalue weighted by atomic mass is 32.2. The van der Waals surface area contributed by atoms with Gasteiger partial charge in [0.15, 0.2) is 9.84 Å². The van der Waals surface area contributed by atoms with Gasteiger partial charge in [-0.1, -0.05) is 0 Å². The number of rotatable bonds is 8. The second-order valence-electron chi connectivity index (χ2n) is 27.6. The summed E-state index contributed by atoms with van der Waals surface area (Å²) < 4.78 is 69.6. The molecule has 19 nitrogen and oxygen atoms in total. The van der Waals surface area contributed by atoms with Gasteiger partial charge in [0.05, 0.1) is 121 Å². The van der Waals surface area contributed by atoms with Gasteiger partial charge in [0, 0.05) is 128 Å². The molecule has 1 unspecified atom stereocenters. The molecule has 0 N–H and O–H groups in total. The Hall–Kier alpha value is -1.34. The monoisotopic (exact) mass is 1140 g/mol. The van der Waals surface area contributed by atoms with Crippen LogP contribution in [0.1, 0.15) is 125 Å². The summed E-state index contributed by atoms with van der Waals surface area (Å²) in [5, 5.41) is 0. The van der Waals surface area contributed by atoms with Gasteiger partial charge in [-0.2, -0.15) is 0 Å². The van der Waals surface area contributed by atoms with Gasteiger partial charge in [-0.3, -0.25) is 29.4 Å². The smallest absolute Gasteiger partial charge is 0.409 e. The fourth-order valence-electron chi connectivity index (χ4n) is 9.71. The lowest BCUT2D eigenvalue weighted by atomic mass is 10.0. The number of methoxy groups -OCH3 is 4. The number of nitrogens with zero attached hydrogens (tertiary/aromatic N) is 7. The van der Waals surface area contributed by atoms with Gasteiger partial charge >= 0.3 is 6.09 Å². The predicted octanol–water partition coefficient (Wildman–Crippen LogP) is 5.97.